The zero-order valence-electron chi connectivity index (χ0n) is 12.8. The number of hydrogen-bond acceptors (Lipinski definition) is 3. The average molecular weight is 333 g/mol. The molecule has 3 aromatic heterocycles. The van der Waals surface area contributed by atoms with Gasteiger partial charge in [-0.2, -0.15) is 0 Å². The molecule has 0 nitrogen and oxygen atoms in total. The Labute approximate surface area is 139 Å². The van der Waals surface area contributed by atoms with Gasteiger partial charge >= 0.3 is 0 Å². The minimum Gasteiger partial charge on any atom is -0.148 e. The Balaban J connectivity index is 1.97. The van der Waals surface area contributed by atoms with Gasteiger partial charge in [-0.1, -0.05) is 39.8 Å². The van der Waals surface area contributed by atoms with E-state index in [1.165, 1.54) is 19.5 Å². The number of rotatable bonds is 4. The molecule has 0 aliphatic heterocycles. The van der Waals surface area contributed by atoms with Crippen LogP contribution in [0.1, 0.15) is 47.2 Å². The molecule has 0 aliphatic carbocycles. The Morgan fingerprint density at radius 3 is 1.38 bits per heavy atom. The molecule has 21 heavy (non-hydrogen) atoms. The lowest BCUT2D eigenvalue weighted by Crippen LogP contribution is -2.16. The summed E-state index contributed by atoms with van der Waals surface area (Å²) < 4.78 is 0. The third-order valence-electron chi connectivity index (χ3n) is 4.11. The van der Waals surface area contributed by atoms with Crippen molar-refractivity contribution in [2.45, 2.75) is 38.5 Å². The van der Waals surface area contributed by atoms with Gasteiger partial charge in [0.25, 0.3) is 0 Å². The second-order valence-electron chi connectivity index (χ2n) is 6.37. The van der Waals surface area contributed by atoms with Gasteiger partial charge in [0, 0.05) is 30.3 Å². The third-order valence-corrected chi connectivity index (χ3v) is 8.23. The molecule has 0 bridgehead atoms. The summed E-state index contributed by atoms with van der Waals surface area (Å²) in [5, 5.41) is 4.34. The van der Waals surface area contributed by atoms with Crippen LogP contribution in [0.5, 0.6) is 0 Å². The molecule has 0 unspecified atom stereocenters. The van der Waals surface area contributed by atoms with Gasteiger partial charge in [-0.3, -0.25) is 0 Å². The zero-order chi connectivity index (χ0) is 15.1. The minimum atomic E-state index is 0.0998. The lowest BCUT2D eigenvalue weighted by atomic mass is 9.88. The molecule has 3 rings (SSSR count). The molecule has 110 valence electrons. The summed E-state index contributed by atoms with van der Waals surface area (Å²) in [7, 11) is 0. The highest BCUT2D eigenvalue weighted by Gasteiger charge is 2.30. The topological polar surface area (TPSA) is 0 Å². The van der Waals surface area contributed by atoms with Gasteiger partial charge in [0.15, 0.2) is 0 Å². The molecule has 0 fully saturated rings. The smallest absolute Gasteiger partial charge is 0.0334 e. The fourth-order valence-corrected chi connectivity index (χ4v) is 5.62. The second-order valence-corrected chi connectivity index (χ2v) is 9.35. The maximum atomic E-state index is 2.33. The van der Waals surface area contributed by atoms with Gasteiger partial charge in [0.1, 0.15) is 0 Å². The zero-order valence-corrected chi connectivity index (χ0v) is 15.3. The van der Waals surface area contributed by atoms with E-state index in [9.17, 15) is 0 Å². The van der Waals surface area contributed by atoms with Crippen LogP contribution in [-0.4, -0.2) is 0 Å². The Morgan fingerprint density at radius 2 is 1.05 bits per heavy atom. The summed E-state index contributed by atoms with van der Waals surface area (Å²) in [5.74, 6) is 0. The van der Waals surface area contributed by atoms with Gasteiger partial charge in [0.2, 0.25) is 0 Å². The van der Waals surface area contributed by atoms with E-state index in [4.69, 9.17) is 0 Å². The fraction of sp³-hybridized carbons (Fsp3) is 0.333. The molecule has 0 spiro atoms. The Kier molecular flexibility index (Phi) is 3.85. The Bertz CT molecular complexity index is 637. The predicted molar refractivity (Wildman–Crippen MR) is 97.2 cm³/mol. The van der Waals surface area contributed by atoms with Crippen LogP contribution in [0.15, 0.2) is 47.2 Å². The van der Waals surface area contributed by atoms with E-state index in [0.717, 1.165) is 0 Å². The fourth-order valence-electron chi connectivity index (χ4n) is 2.52. The third kappa shape index (κ3) is 2.63. The van der Waals surface area contributed by atoms with Crippen molar-refractivity contribution in [1.29, 1.82) is 0 Å². The standard InChI is InChI=1S/C18H20S3/c1-17(2,13-7-5-11-19-13)15-9-10-16(21-15)18(3,4)14-8-6-12-20-14/h5-12H,1-4H3. The highest BCUT2D eigenvalue weighted by Crippen LogP contribution is 2.43. The van der Waals surface area contributed by atoms with Crippen LogP contribution in [0, 0.1) is 0 Å². The summed E-state index contributed by atoms with van der Waals surface area (Å²) in [6.45, 7) is 9.30. The Morgan fingerprint density at radius 1 is 0.619 bits per heavy atom. The van der Waals surface area contributed by atoms with E-state index in [0.29, 0.717) is 0 Å². The number of hydrogen-bond donors (Lipinski definition) is 0. The lowest BCUT2D eigenvalue weighted by Gasteiger charge is -2.24. The highest BCUT2D eigenvalue weighted by molar-refractivity contribution is 7.14. The summed E-state index contributed by atoms with van der Waals surface area (Å²) in [4.78, 5) is 5.77. The molecule has 0 radical (unpaired) electrons. The first-order valence-corrected chi connectivity index (χ1v) is 9.69. The molecule has 0 saturated carbocycles. The maximum Gasteiger partial charge on any atom is 0.0334 e. The van der Waals surface area contributed by atoms with E-state index in [1.807, 2.05) is 34.0 Å². The van der Waals surface area contributed by atoms with E-state index in [1.54, 1.807) is 0 Å². The summed E-state index contributed by atoms with van der Waals surface area (Å²) in [6.07, 6.45) is 0. The van der Waals surface area contributed by atoms with Gasteiger partial charge < -0.3 is 0 Å². The molecule has 3 heteroatoms. The van der Waals surface area contributed by atoms with Gasteiger partial charge in [0.05, 0.1) is 0 Å². The van der Waals surface area contributed by atoms with Crippen LogP contribution < -0.4 is 0 Å². The van der Waals surface area contributed by atoms with Crippen LogP contribution in [0.25, 0.3) is 0 Å². The molecule has 0 atom stereocenters. The van der Waals surface area contributed by atoms with Crippen molar-refractivity contribution in [3.8, 4) is 0 Å². The minimum absolute atomic E-state index is 0.0998. The van der Waals surface area contributed by atoms with Crippen LogP contribution in [0.4, 0.5) is 0 Å². The quantitative estimate of drug-likeness (QED) is 0.510. The molecule has 3 heterocycles. The van der Waals surface area contributed by atoms with Gasteiger partial charge in [-0.25, -0.2) is 0 Å². The van der Waals surface area contributed by atoms with Crippen molar-refractivity contribution in [3.63, 3.8) is 0 Å². The van der Waals surface area contributed by atoms with Crippen molar-refractivity contribution in [1.82, 2.24) is 0 Å². The van der Waals surface area contributed by atoms with Gasteiger partial charge in [-0.05, 0) is 35.0 Å². The highest BCUT2D eigenvalue weighted by atomic mass is 32.1. The second kappa shape index (κ2) is 5.38. The van der Waals surface area contributed by atoms with Crippen LogP contribution in [0.2, 0.25) is 0 Å². The average Bonchev–Trinajstić information content (AvgIpc) is 3.19. The van der Waals surface area contributed by atoms with Crippen molar-refractivity contribution >= 4 is 34.0 Å². The van der Waals surface area contributed by atoms with Crippen LogP contribution in [-0.2, 0) is 10.8 Å². The first kappa shape index (κ1) is 15.0. The van der Waals surface area contributed by atoms with E-state index in [-0.39, 0.29) is 10.8 Å². The van der Waals surface area contributed by atoms with Crippen molar-refractivity contribution in [2.75, 3.05) is 0 Å². The predicted octanol–water partition coefficient (Wildman–Crippen LogP) is 6.52. The molecule has 0 N–H and O–H groups in total. The molecular formula is C18H20S3. The lowest BCUT2D eigenvalue weighted by molar-refractivity contribution is 0.669. The summed E-state index contributed by atoms with van der Waals surface area (Å²) in [6, 6.07) is 13.4. The van der Waals surface area contributed by atoms with Crippen molar-refractivity contribution in [2.24, 2.45) is 0 Å². The molecule has 0 saturated heterocycles. The molecular weight excluding hydrogens is 312 g/mol. The summed E-state index contributed by atoms with van der Waals surface area (Å²) in [5.41, 5.74) is 0.200. The van der Waals surface area contributed by atoms with Crippen LogP contribution in [0.3, 0.4) is 0 Å². The Hall–Kier alpha value is -0.900. The van der Waals surface area contributed by atoms with E-state index in [2.05, 4.69) is 74.9 Å². The molecule has 3 aromatic rings. The SMILES string of the molecule is CC(C)(c1cccs1)c1ccc(C(C)(C)c2cccs2)s1. The molecule has 0 aromatic carbocycles. The first-order chi connectivity index (χ1) is 9.92. The largest absolute Gasteiger partial charge is 0.148 e. The van der Waals surface area contributed by atoms with Crippen LogP contribution >= 0.6 is 34.0 Å². The van der Waals surface area contributed by atoms with Crippen molar-refractivity contribution < 1.29 is 0 Å². The normalized spacial score (nSPS) is 12.8. The van der Waals surface area contributed by atoms with Crippen molar-refractivity contribution in [3.05, 3.63) is 66.7 Å². The summed E-state index contributed by atoms with van der Waals surface area (Å²) >= 11 is 5.65. The maximum absolute atomic E-state index is 2.33. The van der Waals surface area contributed by atoms with E-state index < -0.39 is 0 Å². The molecule has 0 amide bonds. The number of thiophene rings is 3. The van der Waals surface area contributed by atoms with E-state index >= 15 is 0 Å². The molecule has 0 aliphatic rings. The first-order valence-electron chi connectivity index (χ1n) is 7.11. The van der Waals surface area contributed by atoms with Gasteiger partial charge in [-0.15, -0.1) is 34.0 Å². The monoisotopic (exact) mass is 332 g/mol.